The van der Waals surface area contributed by atoms with Crippen molar-refractivity contribution < 1.29 is 9.53 Å². The zero-order valence-corrected chi connectivity index (χ0v) is 14.8. The highest BCUT2D eigenvalue weighted by molar-refractivity contribution is 9.10. The fourth-order valence-electron chi connectivity index (χ4n) is 1.89. The lowest BCUT2D eigenvalue weighted by molar-refractivity contribution is 0.151. The molecule has 2 aromatic rings. The van der Waals surface area contributed by atoms with Gasteiger partial charge < -0.3 is 4.74 Å². The summed E-state index contributed by atoms with van der Waals surface area (Å²) in [5.41, 5.74) is 1.60. The molecule has 0 spiro atoms. The number of ether oxygens (including phenoxy) is 1. The summed E-state index contributed by atoms with van der Waals surface area (Å²) in [6.07, 6.45) is -0.403. The molecular formula is C14H19BrN2O2Si. The third kappa shape index (κ3) is 3.49. The fourth-order valence-corrected chi connectivity index (χ4v) is 2.95. The van der Waals surface area contributed by atoms with Crippen LogP contribution in [-0.4, -0.2) is 30.6 Å². The maximum absolute atomic E-state index is 12.1. The first kappa shape index (κ1) is 15.2. The average Bonchev–Trinajstić information content (AvgIpc) is 2.64. The second kappa shape index (κ2) is 5.69. The van der Waals surface area contributed by atoms with Crippen LogP contribution < -0.4 is 0 Å². The van der Waals surface area contributed by atoms with E-state index in [-0.39, 0.29) is 0 Å². The zero-order chi connectivity index (χ0) is 14.9. The van der Waals surface area contributed by atoms with Gasteiger partial charge in [0.2, 0.25) is 0 Å². The largest absolute Gasteiger partial charge is 0.448 e. The molecule has 2 rings (SSSR count). The number of nitrogens with zero attached hydrogens (tertiary/aromatic N) is 2. The minimum atomic E-state index is -1.20. The van der Waals surface area contributed by atoms with E-state index >= 15 is 0 Å². The van der Waals surface area contributed by atoms with E-state index in [1.165, 1.54) is 4.68 Å². The number of aryl methyl sites for hydroxylation is 1. The van der Waals surface area contributed by atoms with Crippen LogP contribution in [0.5, 0.6) is 0 Å². The minimum Gasteiger partial charge on any atom is -0.448 e. The van der Waals surface area contributed by atoms with Gasteiger partial charge in [-0.3, -0.25) is 0 Å². The molecule has 0 aliphatic carbocycles. The first-order valence-corrected chi connectivity index (χ1v) is 11.1. The van der Waals surface area contributed by atoms with E-state index in [1.54, 1.807) is 0 Å². The second-order valence-electron chi connectivity index (χ2n) is 6.08. The molecule has 0 saturated heterocycles. The highest BCUT2D eigenvalue weighted by Gasteiger charge is 2.17. The first-order chi connectivity index (χ1) is 9.28. The zero-order valence-electron chi connectivity index (χ0n) is 12.2. The van der Waals surface area contributed by atoms with E-state index in [1.807, 2.05) is 25.1 Å². The van der Waals surface area contributed by atoms with Crippen molar-refractivity contribution in [1.82, 2.24) is 9.78 Å². The van der Waals surface area contributed by atoms with Crippen molar-refractivity contribution in [2.75, 3.05) is 6.61 Å². The summed E-state index contributed by atoms with van der Waals surface area (Å²) in [5, 5.41) is 5.25. The maximum atomic E-state index is 12.1. The molecular weight excluding hydrogens is 336 g/mol. The monoisotopic (exact) mass is 354 g/mol. The van der Waals surface area contributed by atoms with Crippen LogP contribution in [-0.2, 0) is 4.74 Å². The summed E-state index contributed by atoms with van der Waals surface area (Å²) < 4.78 is 7.61. The average molecular weight is 355 g/mol. The Bertz CT molecular complexity index is 646. The Hall–Kier alpha value is -1.14. The van der Waals surface area contributed by atoms with Crippen molar-refractivity contribution in [3.8, 4) is 0 Å². The van der Waals surface area contributed by atoms with Gasteiger partial charge in [-0.1, -0.05) is 35.6 Å². The van der Waals surface area contributed by atoms with E-state index in [2.05, 4.69) is 40.7 Å². The summed E-state index contributed by atoms with van der Waals surface area (Å²) in [5.74, 6) is 0. The number of carbonyl (C=O) groups is 1. The number of halogens is 1. The summed E-state index contributed by atoms with van der Waals surface area (Å²) in [4.78, 5) is 12.1. The van der Waals surface area contributed by atoms with Crippen LogP contribution in [0.25, 0.3) is 10.9 Å². The summed E-state index contributed by atoms with van der Waals surface area (Å²) in [7, 11) is -1.20. The Morgan fingerprint density at radius 1 is 1.40 bits per heavy atom. The van der Waals surface area contributed by atoms with Gasteiger partial charge in [0.05, 0.1) is 17.8 Å². The fraction of sp³-hybridized carbons (Fsp3) is 0.429. The Balaban J connectivity index is 2.20. The molecule has 0 saturated carbocycles. The third-order valence-electron chi connectivity index (χ3n) is 3.08. The number of fused-ring (bicyclic) bond motifs is 1. The molecule has 0 amide bonds. The van der Waals surface area contributed by atoms with Crippen LogP contribution in [0.1, 0.15) is 5.69 Å². The quantitative estimate of drug-likeness (QED) is 0.765. The lowest BCUT2D eigenvalue weighted by Gasteiger charge is -2.15. The minimum absolute atomic E-state index is 0.403. The van der Waals surface area contributed by atoms with Gasteiger partial charge >= 0.3 is 6.09 Å². The van der Waals surface area contributed by atoms with Gasteiger partial charge in [0.25, 0.3) is 0 Å². The SMILES string of the molecule is Cc1nn(C(=O)OCC[Si](C)(C)C)c2cc(Br)ccc12. The van der Waals surface area contributed by atoms with E-state index < -0.39 is 14.2 Å². The third-order valence-corrected chi connectivity index (χ3v) is 5.28. The van der Waals surface area contributed by atoms with Crippen molar-refractivity contribution in [3.05, 3.63) is 28.4 Å². The number of hydrogen-bond acceptors (Lipinski definition) is 3. The van der Waals surface area contributed by atoms with E-state index in [0.29, 0.717) is 6.61 Å². The molecule has 0 aliphatic rings. The van der Waals surface area contributed by atoms with Crippen LogP contribution in [0.2, 0.25) is 25.7 Å². The van der Waals surface area contributed by atoms with Gasteiger partial charge in [-0.05, 0) is 31.2 Å². The molecule has 1 aromatic heterocycles. The molecule has 6 heteroatoms. The van der Waals surface area contributed by atoms with E-state index in [4.69, 9.17) is 4.74 Å². The van der Waals surface area contributed by atoms with Crippen LogP contribution >= 0.6 is 15.9 Å². The van der Waals surface area contributed by atoms with Crippen molar-refractivity contribution in [2.45, 2.75) is 32.6 Å². The normalized spacial score (nSPS) is 11.8. The molecule has 1 heterocycles. The Kier molecular flexibility index (Phi) is 4.34. The molecule has 1 aromatic carbocycles. The summed E-state index contributed by atoms with van der Waals surface area (Å²) in [6, 6.07) is 6.74. The van der Waals surface area contributed by atoms with Crippen molar-refractivity contribution in [2.24, 2.45) is 0 Å². The second-order valence-corrected chi connectivity index (χ2v) is 12.6. The lowest BCUT2D eigenvalue weighted by atomic mass is 10.2. The first-order valence-electron chi connectivity index (χ1n) is 6.60. The smallest absolute Gasteiger partial charge is 0.435 e. The highest BCUT2D eigenvalue weighted by atomic mass is 79.9. The van der Waals surface area contributed by atoms with Gasteiger partial charge in [-0.25, -0.2) is 4.79 Å². The van der Waals surface area contributed by atoms with Crippen LogP contribution in [0, 0.1) is 6.92 Å². The van der Waals surface area contributed by atoms with Gasteiger partial charge in [0.15, 0.2) is 0 Å². The maximum Gasteiger partial charge on any atom is 0.435 e. The lowest BCUT2D eigenvalue weighted by Crippen LogP contribution is -2.24. The molecule has 0 fully saturated rings. The number of hydrogen-bond donors (Lipinski definition) is 0. The Morgan fingerprint density at radius 2 is 2.10 bits per heavy atom. The number of rotatable bonds is 3. The van der Waals surface area contributed by atoms with Crippen LogP contribution in [0.3, 0.4) is 0 Å². The highest BCUT2D eigenvalue weighted by Crippen LogP contribution is 2.22. The Labute approximate surface area is 128 Å². The predicted octanol–water partition coefficient (Wildman–Crippen LogP) is 4.43. The van der Waals surface area contributed by atoms with Crippen molar-refractivity contribution >= 4 is 41.0 Å². The molecule has 0 aliphatic heterocycles. The van der Waals surface area contributed by atoms with E-state index in [0.717, 1.165) is 27.1 Å². The number of benzene rings is 1. The standard InChI is InChI=1S/C14H19BrN2O2Si/c1-10-12-6-5-11(15)9-13(12)17(16-10)14(18)19-7-8-20(2,3)4/h5-6,9H,7-8H2,1-4H3. The van der Waals surface area contributed by atoms with Crippen LogP contribution in [0.15, 0.2) is 22.7 Å². The molecule has 0 unspecified atom stereocenters. The van der Waals surface area contributed by atoms with Gasteiger partial charge in [-0.2, -0.15) is 9.78 Å². The summed E-state index contributed by atoms with van der Waals surface area (Å²) in [6.45, 7) is 9.12. The van der Waals surface area contributed by atoms with E-state index in [9.17, 15) is 4.79 Å². The molecule has 20 heavy (non-hydrogen) atoms. The number of aromatic nitrogens is 2. The van der Waals surface area contributed by atoms with Gasteiger partial charge in [-0.15, -0.1) is 0 Å². The molecule has 4 nitrogen and oxygen atoms in total. The van der Waals surface area contributed by atoms with Crippen molar-refractivity contribution in [3.63, 3.8) is 0 Å². The van der Waals surface area contributed by atoms with Gasteiger partial charge in [0, 0.05) is 17.9 Å². The summed E-state index contributed by atoms with van der Waals surface area (Å²) >= 11 is 3.42. The molecule has 0 radical (unpaired) electrons. The molecule has 108 valence electrons. The number of carbonyl (C=O) groups excluding carboxylic acids is 1. The van der Waals surface area contributed by atoms with Gasteiger partial charge in [0.1, 0.15) is 0 Å². The topological polar surface area (TPSA) is 44.1 Å². The Morgan fingerprint density at radius 3 is 2.75 bits per heavy atom. The molecule has 0 atom stereocenters. The molecule has 0 N–H and O–H groups in total. The van der Waals surface area contributed by atoms with Crippen LogP contribution in [0.4, 0.5) is 4.79 Å². The molecule has 0 bridgehead atoms. The predicted molar refractivity (Wildman–Crippen MR) is 87.1 cm³/mol. The van der Waals surface area contributed by atoms with Crippen molar-refractivity contribution in [1.29, 1.82) is 0 Å².